The van der Waals surface area contributed by atoms with E-state index in [2.05, 4.69) is 10.4 Å². The summed E-state index contributed by atoms with van der Waals surface area (Å²) in [4.78, 5) is 12.2. The Kier molecular flexibility index (Phi) is 2.82. The molecule has 15 heavy (non-hydrogen) atoms. The van der Waals surface area contributed by atoms with Gasteiger partial charge in [0.15, 0.2) is 0 Å². The van der Waals surface area contributed by atoms with Gasteiger partial charge in [-0.3, -0.25) is 9.48 Å². The minimum atomic E-state index is -0.0455. The Morgan fingerprint density at radius 1 is 1.60 bits per heavy atom. The predicted octanol–water partition coefficient (Wildman–Crippen LogP) is 1.36. The highest BCUT2D eigenvalue weighted by molar-refractivity contribution is 7.13. The summed E-state index contributed by atoms with van der Waals surface area (Å²) in [6.45, 7) is 0.266. The number of likely N-dealkylation sites (N-methyl/N-ethyl adjacent to an activating group) is 1. The molecule has 0 fully saturated rings. The van der Waals surface area contributed by atoms with E-state index in [4.69, 9.17) is 0 Å². The Bertz CT molecular complexity index is 447. The van der Waals surface area contributed by atoms with E-state index in [0.717, 1.165) is 10.6 Å². The van der Waals surface area contributed by atoms with Gasteiger partial charge in [0.1, 0.15) is 12.2 Å². The Morgan fingerprint density at radius 3 is 3.13 bits per heavy atom. The van der Waals surface area contributed by atoms with Gasteiger partial charge in [-0.15, -0.1) is 11.3 Å². The number of rotatable bonds is 3. The van der Waals surface area contributed by atoms with E-state index in [0.29, 0.717) is 0 Å². The molecular formula is C10H11N3OS. The lowest BCUT2D eigenvalue weighted by molar-refractivity contribution is -0.121. The van der Waals surface area contributed by atoms with E-state index in [1.54, 1.807) is 23.1 Å². The average Bonchev–Trinajstić information content (AvgIpc) is 2.85. The zero-order chi connectivity index (χ0) is 10.7. The first kappa shape index (κ1) is 9.92. The number of hydrogen-bond donors (Lipinski definition) is 1. The summed E-state index contributed by atoms with van der Waals surface area (Å²) < 4.78 is 1.63. The van der Waals surface area contributed by atoms with Crippen molar-refractivity contribution in [2.45, 2.75) is 6.54 Å². The number of amides is 1. The summed E-state index contributed by atoms with van der Waals surface area (Å²) in [5, 5.41) is 8.87. The predicted molar refractivity (Wildman–Crippen MR) is 59.6 cm³/mol. The van der Waals surface area contributed by atoms with Crippen molar-refractivity contribution in [3.05, 3.63) is 29.8 Å². The number of thiophene rings is 1. The van der Waals surface area contributed by atoms with Crippen molar-refractivity contribution in [1.82, 2.24) is 15.1 Å². The van der Waals surface area contributed by atoms with E-state index in [9.17, 15) is 4.79 Å². The van der Waals surface area contributed by atoms with Crippen molar-refractivity contribution in [3.63, 3.8) is 0 Å². The van der Waals surface area contributed by atoms with Crippen LogP contribution >= 0.6 is 11.3 Å². The first-order chi connectivity index (χ1) is 7.29. The van der Waals surface area contributed by atoms with Crippen LogP contribution in [0, 0.1) is 0 Å². The SMILES string of the molecule is CNC(=O)Cn1ccc(-c2cccs2)n1. The molecule has 4 nitrogen and oxygen atoms in total. The van der Waals surface area contributed by atoms with E-state index in [1.165, 1.54) is 0 Å². The van der Waals surface area contributed by atoms with Crippen molar-refractivity contribution in [3.8, 4) is 10.6 Å². The lowest BCUT2D eigenvalue weighted by Gasteiger charge is -1.98. The molecular weight excluding hydrogens is 210 g/mol. The normalized spacial score (nSPS) is 10.2. The van der Waals surface area contributed by atoms with Gasteiger partial charge in [0.25, 0.3) is 0 Å². The van der Waals surface area contributed by atoms with Crippen LogP contribution in [-0.2, 0) is 11.3 Å². The van der Waals surface area contributed by atoms with Crippen LogP contribution in [0.3, 0.4) is 0 Å². The number of carbonyl (C=O) groups excluding carboxylic acids is 1. The van der Waals surface area contributed by atoms with Crippen LogP contribution in [-0.4, -0.2) is 22.7 Å². The highest BCUT2D eigenvalue weighted by Gasteiger charge is 2.05. The van der Waals surface area contributed by atoms with Gasteiger partial charge in [0, 0.05) is 13.2 Å². The second-order valence-electron chi connectivity index (χ2n) is 3.05. The third-order valence-electron chi connectivity index (χ3n) is 2.00. The molecule has 0 aliphatic heterocycles. The molecule has 0 unspecified atom stereocenters. The van der Waals surface area contributed by atoms with Gasteiger partial charge in [-0.25, -0.2) is 0 Å². The molecule has 78 valence electrons. The van der Waals surface area contributed by atoms with Gasteiger partial charge in [-0.05, 0) is 17.5 Å². The van der Waals surface area contributed by atoms with Crippen LogP contribution in [0.2, 0.25) is 0 Å². The Labute approximate surface area is 91.5 Å². The average molecular weight is 221 g/mol. The molecule has 2 heterocycles. The molecule has 5 heteroatoms. The molecule has 1 amide bonds. The van der Waals surface area contributed by atoms with Crippen LogP contribution in [0.25, 0.3) is 10.6 Å². The third-order valence-corrected chi connectivity index (χ3v) is 2.89. The number of nitrogens with one attached hydrogen (secondary N) is 1. The first-order valence-corrected chi connectivity index (χ1v) is 5.45. The lowest BCUT2D eigenvalue weighted by Crippen LogP contribution is -2.23. The second-order valence-corrected chi connectivity index (χ2v) is 4.00. The van der Waals surface area contributed by atoms with Crippen molar-refractivity contribution in [2.24, 2.45) is 0 Å². The number of aromatic nitrogens is 2. The minimum absolute atomic E-state index is 0.0455. The quantitative estimate of drug-likeness (QED) is 0.850. The second kappa shape index (κ2) is 4.27. The summed E-state index contributed by atoms with van der Waals surface area (Å²) in [5.41, 5.74) is 0.911. The fraction of sp³-hybridized carbons (Fsp3) is 0.200. The molecule has 0 spiro atoms. The van der Waals surface area contributed by atoms with E-state index in [-0.39, 0.29) is 12.5 Å². The van der Waals surface area contributed by atoms with Crippen LogP contribution in [0.1, 0.15) is 0 Å². The largest absolute Gasteiger partial charge is 0.358 e. The molecule has 0 aliphatic carbocycles. The minimum Gasteiger partial charge on any atom is -0.358 e. The summed E-state index contributed by atoms with van der Waals surface area (Å²) in [6, 6.07) is 5.91. The maximum atomic E-state index is 11.1. The molecule has 0 bridgehead atoms. The summed E-state index contributed by atoms with van der Waals surface area (Å²) in [6.07, 6.45) is 1.81. The van der Waals surface area contributed by atoms with E-state index >= 15 is 0 Å². The Balaban J connectivity index is 2.14. The lowest BCUT2D eigenvalue weighted by atomic mass is 10.3. The smallest absolute Gasteiger partial charge is 0.241 e. The topological polar surface area (TPSA) is 46.9 Å². The van der Waals surface area contributed by atoms with Crippen molar-refractivity contribution in [1.29, 1.82) is 0 Å². The van der Waals surface area contributed by atoms with Crippen molar-refractivity contribution < 1.29 is 4.79 Å². The summed E-state index contributed by atoms with van der Waals surface area (Å²) in [7, 11) is 1.62. The highest BCUT2D eigenvalue weighted by Crippen LogP contribution is 2.22. The zero-order valence-corrected chi connectivity index (χ0v) is 9.12. The molecule has 2 aromatic rings. The maximum absolute atomic E-state index is 11.1. The molecule has 0 aromatic carbocycles. The molecule has 0 saturated carbocycles. The molecule has 2 aromatic heterocycles. The van der Waals surface area contributed by atoms with Gasteiger partial charge < -0.3 is 5.32 Å². The number of carbonyl (C=O) groups is 1. The Hall–Kier alpha value is -1.62. The molecule has 0 aliphatic rings. The highest BCUT2D eigenvalue weighted by atomic mass is 32.1. The van der Waals surface area contributed by atoms with Crippen LogP contribution < -0.4 is 5.32 Å². The van der Waals surface area contributed by atoms with Gasteiger partial charge in [0.05, 0.1) is 4.88 Å². The fourth-order valence-corrected chi connectivity index (χ4v) is 1.92. The van der Waals surface area contributed by atoms with Gasteiger partial charge in [-0.1, -0.05) is 6.07 Å². The van der Waals surface area contributed by atoms with Crippen LogP contribution in [0.4, 0.5) is 0 Å². The standard InChI is InChI=1S/C10H11N3OS/c1-11-10(14)7-13-5-4-8(12-13)9-3-2-6-15-9/h2-6H,7H2,1H3,(H,11,14). The van der Waals surface area contributed by atoms with Crippen molar-refractivity contribution in [2.75, 3.05) is 7.05 Å². The van der Waals surface area contributed by atoms with E-state index in [1.807, 2.05) is 29.8 Å². The molecule has 1 N–H and O–H groups in total. The van der Waals surface area contributed by atoms with Crippen LogP contribution in [0.5, 0.6) is 0 Å². The van der Waals surface area contributed by atoms with Gasteiger partial charge in [-0.2, -0.15) is 5.10 Å². The van der Waals surface area contributed by atoms with Crippen molar-refractivity contribution >= 4 is 17.2 Å². The molecule has 0 atom stereocenters. The molecule has 0 saturated heterocycles. The van der Waals surface area contributed by atoms with E-state index < -0.39 is 0 Å². The fourth-order valence-electron chi connectivity index (χ4n) is 1.23. The van der Waals surface area contributed by atoms with Crippen LogP contribution in [0.15, 0.2) is 29.8 Å². The number of nitrogens with zero attached hydrogens (tertiary/aromatic N) is 2. The maximum Gasteiger partial charge on any atom is 0.241 e. The van der Waals surface area contributed by atoms with Gasteiger partial charge >= 0.3 is 0 Å². The zero-order valence-electron chi connectivity index (χ0n) is 8.30. The number of hydrogen-bond acceptors (Lipinski definition) is 3. The van der Waals surface area contributed by atoms with Gasteiger partial charge in [0.2, 0.25) is 5.91 Å². The molecule has 0 radical (unpaired) electrons. The third kappa shape index (κ3) is 2.24. The monoisotopic (exact) mass is 221 g/mol. The first-order valence-electron chi connectivity index (χ1n) is 4.57. The molecule has 2 rings (SSSR count). The summed E-state index contributed by atoms with van der Waals surface area (Å²) >= 11 is 1.64. The summed E-state index contributed by atoms with van der Waals surface area (Å²) in [5.74, 6) is -0.0455. The Morgan fingerprint density at radius 2 is 2.47 bits per heavy atom.